The molecule has 2 amide bonds. The summed E-state index contributed by atoms with van der Waals surface area (Å²) in [6, 6.07) is 9.12. The monoisotopic (exact) mass is 287 g/mol. The summed E-state index contributed by atoms with van der Waals surface area (Å²) in [5.41, 5.74) is 1.02. The zero-order chi connectivity index (χ0) is 15.5. The Bertz CT molecular complexity index is 543. The van der Waals surface area contributed by atoms with Crippen molar-refractivity contribution in [3.05, 3.63) is 48.0 Å². The minimum atomic E-state index is -0.575. The Kier molecular flexibility index (Phi) is 4.46. The van der Waals surface area contributed by atoms with E-state index >= 15 is 0 Å². The van der Waals surface area contributed by atoms with Gasteiger partial charge >= 0.3 is 6.09 Å². The summed E-state index contributed by atoms with van der Waals surface area (Å²) in [4.78, 5) is 25.3. The number of allylic oxidation sites excluding steroid dienone is 1. The van der Waals surface area contributed by atoms with E-state index in [9.17, 15) is 9.59 Å². The second-order valence-corrected chi connectivity index (χ2v) is 6.38. The third kappa shape index (κ3) is 3.94. The van der Waals surface area contributed by atoms with E-state index < -0.39 is 6.09 Å². The fourth-order valence-corrected chi connectivity index (χ4v) is 2.18. The van der Waals surface area contributed by atoms with Gasteiger partial charge in [0.25, 0.3) is 5.91 Å². The van der Waals surface area contributed by atoms with Gasteiger partial charge in [-0.3, -0.25) is 4.79 Å². The molecule has 0 unspecified atom stereocenters. The molecule has 0 bridgehead atoms. The summed E-state index contributed by atoms with van der Waals surface area (Å²) >= 11 is 0. The molecule has 0 saturated carbocycles. The molecule has 1 aliphatic heterocycles. The van der Waals surface area contributed by atoms with E-state index in [2.05, 4.69) is 20.8 Å². The van der Waals surface area contributed by atoms with E-state index in [-0.39, 0.29) is 24.0 Å². The molecule has 0 N–H and O–H groups in total. The van der Waals surface area contributed by atoms with E-state index in [1.807, 2.05) is 36.4 Å². The summed E-state index contributed by atoms with van der Waals surface area (Å²) in [6.07, 6.45) is 3.48. The highest BCUT2D eigenvalue weighted by Crippen LogP contribution is 2.28. The lowest BCUT2D eigenvalue weighted by Gasteiger charge is -2.19. The van der Waals surface area contributed by atoms with Crippen molar-refractivity contribution < 1.29 is 14.3 Å². The number of carbonyl (C=O) groups is 2. The van der Waals surface area contributed by atoms with E-state index in [4.69, 9.17) is 4.74 Å². The van der Waals surface area contributed by atoms with Crippen molar-refractivity contribution in [1.82, 2.24) is 4.90 Å². The molecular formula is C17H21NO3. The Balaban J connectivity index is 2.12. The van der Waals surface area contributed by atoms with Crippen LogP contribution in [0.15, 0.2) is 42.5 Å². The van der Waals surface area contributed by atoms with Crippen LogP contribution in [0.3, 0.4) is 0 Å². The normalized spacial score (nSPS) is 19.1. The third-order valence-electron chi connectivity index (χ3n) is 3.29. The standard InChI is InChI=1S/C17H21NO3/c1-17(2,3)11-7-10-15(19)18-14(12-21-16(18)20)13-8-5-4-6-9-13/h4-10,14H,11-12H2,1-3H3/b10-7+/t14-/m0/s1. The van der Waals surface area contributed by atoms with Gasteiger partial charge in [0.15, 0.2) is 0 Å². The van der Waals surface area contributed by atoms with Gasteiger partial charge in [0.1, 0.15) is 12.6 Å². The summed E-state index contributed by atoms with van der Waals surface area (Å²) in [5.74, 6) is -0.324. The van der Waals surface area contributed by atoms with Crippen molar-refractivity contribution in [2.24, 2.45) is 5.41 Å². The van der Waals surface area contributed by atoms with E-state index in [1.54, 1.807) is 0 Å². The van der Waals surface area contributed by atoms with Gasteiger partial charge in [0.2, 0.25) is 0 Å². The molecule has 21 heavy (non-hydrogen) atoms. The van der Waals surface area contributed by atoms with Crippen LogP contribution in [0.25, 0.3) is 0 Å². The summed E-state index contributed by atoms with van der Waals surface area (Å²) in [7, 11) is 0. The molecule has 4 nitrogen and oxygen atoms in total. The zero-order valence-corrected chi connectivity index (χ0v) is 12.7. The number of benzene rings is 1. The molecule has 0 spiro atoms. The lowest BCUT2D eigenvalue weighted by Crippen LogP contribution is -2.32. The first-order valence-corrected chi connectivity index (χ1v) is 7.10. The first-order chi connectivity index (χ1) is 9.88. The number of cyclic esters (lactones) is 1. The SMILES string of the molecule is CC(C)(C)C/C=C/C(=O)N1C(=O)OC[C@H]1c1ccccc1. The van der Waals surface area contributed by atoms with Crippen LogP contribution in [0.1, 0.15) is 38.8 Å². The Hall–Kier alpha value is -2.10. The minimum Gasteiger partial charge on any atom is -0.446 e. The molecule has 0 aromatic heterocycles. The number of rotatable bonds is 3. The summed E-state index contributed by atoms with van der Waals surface area (Å²) in [6.45, 7) is 6.50. The van der Waals surface area contributed by atoms with Crippen LogP contribution in [0.2, 0.25) is 0 Å². The van der Waals surface area contributed by atoms with Crippen molar-refractivity contribution in [2.45, 2.75) is 33.2 Å². The van der Waals surface area contributed by atoms with Crippen LogP contribution in [-0.2, 0) is 9.53 Å². The van der Waals surface area contributed by atoms with Crippen molar-refractivity contribution in [2.75, 3.05) is 6.61 Å². The number of hydrogen-bond acceptors (Lipinski definition) is 3. The highest BCUT2D eigenvalue weighted by atomic mass is 16.6. The van der Waals surface area contributed by atoms with Crippen LogP contribution < -0.4 is 0 Å². The van der Waals surface area contributed by atoms with Crippen molar-refractivity contribution in [1.29, 1.82) is 0 Å². The number of hydrogen-bond donors (Lipinski definition) is 0. The lowest BCUT2D eigenvalue weighted by molar-refractivity contribution is -0.124. The Labute approximate surface area is 125 Å². The number of nitrogens with zero attached hydrogens (tertiary/aromatic N) is 1. The maximum Gasteiger partial charge on any atom is 0.417 e. The fourth-order valence-electron chi connectivity index (χ4n) is 2.18. The second kappa shape index (κ2) is 6.12. The molecule has 1 atom stereocenters. The molecule has 0 aliphatic carbocycles. The summed E-state index contributed by atoms with van der Waals surface area (Å²) in [5, 5.41) is 0. The van der Waals surface area contributed by atoms with Gasteiger partial charge in [-0.1, -0.05) is 57.2 Å². The Morgan fingerprint density at radius 1 is 1.33 bits per heavy atom. The van der Waals surface area contributed by atoms with Crippen molar-refractivity contribution in [3.63, 3.8) is 0 Å². The zero-order valence-electron chi connectivity index (χ0n) is 12.7. The third-order valence-corrected chi connectivity index (χ3v) is 3.29. The van der Waals surface area contributed by atoms with E-state index in [0.29, 0.717) is 0 Å². The Morgan fingerprint density at radius 2 is 2.00 bits per heavy atom. The van der Waals surface area contributed by atoms with Crippen LogP contribution in [0, 0.1) is 5.41 Å². The first-order valence-electron chi connectivity index (χ1n) is 7.10. The molecule has 2 rings (SSSR count). The van der Waals surface area contributed by atoms with Gasteiger partial charge in [-0.15, -0.1) is 0 Å². The van der Waals surface area contributed by atoms with E-state index in [1.165, 1.54) is 11.0 Å². The maximum atomic E-state index is 12.3. The van der Waals surface area contributed by atoms with Crippen molar-refractivity contribution in [3.8, 4) is 0 Å². The molecule has 1 aromatic carbocycles. The van der Waals surface area contributed by atoms with Crippen LogP contribution in [0.4, 0.5) is 4.79 Å². The molecule has 112 valence electrons. The smallest absolute Gasteiger partial charge is 0.417 e. The van der Waals surface area contributed by atoms with Gasteiger partial charge in [-0.2, -0.15) is 0 Å². The first kappa shape index (κ1) is 15.3. The molecular weight excluding hydrogens is 266 g/mol. The quantitative estimate of drug-likeness (QED) is 0.796. The Morgan fingerprint density at radius 3 is 2.62 bits per heavy atom. The highest BCUT2D eigenvalue weighted by molar-refractivity contribution is 5.99. The topological polar surface area (TPSA) is 46.6 Å². The molecule has 1 aliphatic rings. The molecule has 0 radical (unpaired) electrons. The number of ether oxygens (including phenoxy) is 1. The van der Waals surface area contributed by atoms with Crippen LogP contribution in [-0.4, -0.2) is 23.5 Å². The molecule has 4 heteroatoms. The van der Waals surface area contributed by atoms with Crippen LogP contribution in [0.5, 0.6) is 0 Å². The summed E-state index contributed by atoms with van der Waals surface area (Å²) < 4.78 is 5.03. The largest absolute Gasteiger partial charge is 0.446 e. The predicted octanol–water partition coefficient (Wildman–Crippen LogP) is 3.70. The number of amides is 2. The maximum absolute atomic E-state index is 12.3. The van der Waals surface area contributed by atoms with Gasteiger partial charge in [0, 0.05) is 0 Å². The van der Waals surface area contributed by atoms with Crippen LogP contribution >= 0.6 is 0 Å². The van der Waals surface area contributed by atoms with Crippen molar-refractivity contribution >= 4 is 12.0 Å². The van der Waals surface area contributed by atoms with Gasteiger partial charge in [-0.25, -0.2) is 9.69 Å². The molecule has 1 saturated heterocycles. The molecule has 1 fully saturated rings. The number of carbonyl (C=O) groups excluding carboxylic acids is 2. The van der Waals surface area contributed by atoms with E-state index in [0.717, 1.165) is 12.0 Å². The van der Waals surface area contributed by atoms with Gasteiger partial charge in [0.05, 0.1) is 0 Å². The predicted molar refractivity (Wildman–Crippen MR) is 80.6 cm³/mol. The fraction of sp³-hybridized carbons (Fsp3) is 0.412. The molecule has 1 heterocycles. The molecule has 1 aromatic rings. The van der Waals surface area contributed by atoms with Gasteiger partial charge < -0.3 is 4.74 Å². The number of imide groups is 1. The average molecular weight is 287 g/mol. The lowest BCUT2D eigenvalue weighted by atomic mass is 9.92. The average Bonchev–Trinajstić information content (AvgIpc) is 2.80. The second-order valence-electron chi connectivity index (χ2n) is 6.38. The highest BCUT2D eigenvalue weighted by Gasteiger charge is 2.37. The van der Waals surface area contributed by atoms with Gasteiger partial charge in [-0.05, 0) is 23.5 Å². The minimum absolute atomic E-state index is 0.112.